The zero-order valence-electron chi connectivity index (χ0n) is 14.5. The van der Waals surface area contributed by atoms with E-state index < -0.39 is 11.2 Å². The fourth-order valence-electron chi connectivity index (χ4n) is 2.85. The lowest BCUT2D eigenvalue weighted by Gasteiger charge is -2.21. The molecule has 1 amide bonds. The van der Waals surface area contributed by atoms with Gasteiger partial charge in [-0.25, -0.2) is 4.98 Å². The number of ether oxygens (including phenoxy) is 1. The number of nitrogens with one attached hydrogen (secondary N) is 1. The molecule has 0 bridgehead atoms. The lowest BCUT2D eigenvalue weighted by atomic mass is 10.2. The third-order valence-corrected chi connectivity index (χ3v) is 5.09. The van der Waals surface area contributed by atoms with Gasteiger partial charge in [-0.1, -0.05) is 30.0 Å². The molecule has 26 heavy (non-hydrogen) atoms. The van der Waals surface area contributed by atoms with Gasteiger partial charge in [0.05, 0.1) is 24.5 Å². The van der Waals surface area contributed by atoms with Crippen LogP contribution in [0, 0.1) is 0 Å². The van der Waals surface area contributed by atoms with Crippen LogP contribution in [0.3, 0.4) is 0 Å². The number of anilines is 1. The van der Waals surface area contributed by atoms with Crippen molar-refractivity contribution < 1.29 is 14.3 Å². The molecule has 8 heteroatoms. The number of carbonyl (C=O) groups is 2. The molecule has 1 aromatic heterocycles. The Bertz CT molecular complexity index is 896. The van der Waals surface area contributed by atoms with E-state index in [0.29, 0.717) is 17.4 Å². The zero-order chi connectivity index (χ0) is 18.7. The van der Waals surface area contributed by atoms with E-state index in [1.165, 1.54) is 24.9 Å². The fraction of sp³-hybridized carbons (Fsp3) is 0.333. The molecule has 2 heterocycles. The summed E-state index contributed by atoms with van der Waals surface area (Å²) in [7, 11) is 1.28. The summed E-state index contributed by atoms with van der Waals surface area (Å²) >= 11 is 1.17. The molecule has 1 atom stereocenters. The predicted molar refractivity (Wildman–Crippen MR) is 98.4 cm³/mol. The van der Waals surface area contributed by atoms with Crippen molar-refractivity contribution in [3.63, 3.8) is 0 Å². The Labute approximate surface area is 154 Å². The number of amides is 1. The zero-order valence-corrected chi connectivity index (χ0v) is 15.3. The topological polar surface area (TPSA) is 92.4 Å². The molecule has 1 aliphatic rings. The maximum absolute atomic E-state index is 12.8. The molecule has 2 aromatic rings. The van der Waals surface area contributed by atoms with Crippen LogP contribution in [-0.4, -0.2) is 40.7 Å². The Morgan fingerprint density at radius 1 is 1.38 bits per heavy atom. The monoisotopic (exact) mass is 373 g/mol. The van der Waals surface area contributed by atoms with Gasteiger partial charge in [0, 0.05) is 18.3 Å². The number of methoxy groups -OCH3 is 1. The molecule has 0 radical (unpaired) electrons. The van der Waals surface area contributed by atoms with Crippen molar-refractivity contribution in [2.45, 2.75) is 30.2 Å². The van der Waals surface area contributed by atoms with E-state index in [4.69, 9.17) is 0 Å². The van der Waals surface area contributed by atoms with Crippen LogP contribution >= 0.6 is 11.8 Å². The molecule has 7 nitrogen and oxygen atoms in total. The van der Waals surface area contributed by atoms with Crippen LogP contribution in [0.1, 0.15) is 18.2 Å². The van der Waals surface area contributed by atoms with Crippen molar-refractivity contribution >= 4 is 29.3 Å². The Kier molecular flexibility index (Phi) is 5.41. The van der Waals surface area contributed by atoms with Crippen molar-refractivity contribution in [2.24, 2.45) is 0 Å². The number of aromatic amines is 1. The van der Waals surface area contributed by atoms with Crippen molar-refractivity contribution in [1.29, 1.82) is 0 Å². The Morgan fingerprint density at radius 2 is 2.15 bits per heavy atom. The van der Waals surface area contributed by atoms with Crippen LogP contribution in [0.4, 0.5) is 5.69 Å². The smallest absolute Gasteiger partial charge is 0.311 e. The minimum Gasteiger partial charge on any atom is -0.469 e. The molecular weight excluding hydrogens is 354 g/mol. The summed E-state index contributed by atoms with van der Waals surface area (Å²) in [6, 6.07) is 9.10. The Morgan fingerprint density at radius 3 is 2.92 bits per heavy atom. The number of thioether (sulfide) groups is 1. The van der Waals surface area contributed by atoms with Crippen LogP contribution in [0.15, 0.2) is 40.3 Å². The number of fused-ring (bicyclic) bond motifs is 1. The molecule has 0 unspecified atom stereocenters. The first-order valence-electron chi connectivity index (χ1n) is 8.21. The van der Waals surface area contributed by atoms with E-state index in [2.05, 4.69) is 14.7 Å². The van der Waals surface area contributed by atoms with Crippen LogP contribution < -0.4 is 10.5 Å². The standard InChI is InChI=1S/C18H19N3O4S/c1-11(17(24)21-8-7-12-5-3-4-6-14(12)21)26-18-19-13(9-15(22)20-18)10-16(23)25-2/h3-6,9,11H,7-8,10H2,1-2H3,(H,19,20,22)/t11-/m0/s1. The van der Waals surface area contributed by atoms with Gasteiger partial charge in [-0.15, -0.1) is 0 Å². The molecule has 0 fully saturated rings. The van der Waals surface area contributed by atoms with E-state index in [-0.39, 0.29) is 17.9 Å². The molecule has 0 spiro atoms. The number of hydrogen-bond donors (Lipinski definition) is 1. The second-order valence-corrected chi connectivity index (χ2v) is 7.25. The van der Waals surface area contributed by atoms with Crippen molar-refractivity contribution in [1.82, 2.24) is 9.97 Å². The highest BCUT2D eigenvalue weighted by Crippen LogP contribution is 2.30. The molecule has 136 valence electrons. The number of esters is 1. The SMILES string of the molecule is COC(=O)Cc1cc(=O)[nH]c(S[C@@H](C)C(=O)N2CCc3ccccc32)n1. The van der Waals surface area contributed by atoms with Gasteiger partial charge in [0.2, 0.25) is 5.91 Å². The van der Waals surface area contributed by atoms with Crippen molar-refractivity contribution in [3.05, 3.63) is 51.9 Å². The highest BCUT2D eigenvalue weighted by molar-refractivity contribution is 8.00. The van der Waals surface area contributed by atoms with Crippen molar-refractivity contribution in [3.8, 4) is 0 Å². The number of rotatable bonds is 5. The van der Waals surface area contributed by atoms with Gasteiger partial charge < -0.3 is 14.6 Å². The first-order valence-corrected chi connectivity index (χ1v) is 9.09. The molecule has 0 saturated carbocycles. The molecular formula is C18H19N3O4S. The molecule has 1 aromatic carbocycles. The Hall–Kier alpha value is -2.61. The molecule has 0 aliphatic carbocycles. The first-order chi connectivity index (χ1) is 12.5. The number of aromatic nitrogens is 2. The number of benzene rings is 1. The Balaban J connectivity index is 1.74. The summed E-state index contributed by atoms with van der Waals surface area (Å²) in [5.41, 5.74) is 2.04. The van der Waals surface area contributed by atoms with Crippen LogP contribution in [0.25, 0.3) is 0 Å². The number of nitrogens with zero attached hydrogens (tertiary/aromatic N) is 2. The van der Waals surface area contributed by atoms with E-state index in [1.54, 1.807) is 11.8 Å². The summed E-state index contributed by atoms with van der Waals surface area (Å²) in [5, 5.41) is -0.123. The van der Waals surface area contributed by atoms with Crippen LogP contribution in [-0.2, 0) is 27.2 Å². The summed E-state index contributed by atoms with van der Waals surface area (Å²) in [6.07, 6.45) is 0.749. The van der Waals surface area contributed by atoms with E-state index in [1.807, 2.05) is 24.3 Å². The van der Waals surface area contributed by atoms with Gasteiger partial charge in [-0.2, -0.15) is 0 Å². The van der Waals surface area contributed by atoms with E-state index in [0.717, 1.165) is 17.7 Å². The summed E-state index contributed by atoms with van der Waals surface area (Å²) in [4.78, 5) is 44.6. The van der Waals surface area contributed by atoms with Gasteiger partial charge in [0.25, 0.3) is 5.56 Å². The average Bonchev–Trinajstić information content (AvgIpc) is 3.04. The van der Waals surface area contributed by atoms with Gasteiger partial charge in [-0.05, 0) is 25.0 Å². The third-order valence-electron chi connectivity index (χ3n) is 4.12. The second kappa shape index (κ2) is 7.74. The number of para-hydroxylation sites is 1. The largest absolute Gasteiger partial charge is 0.469 e. The average molecular weight is 373 g/mol. The molecule has 1 aliphatic heterocycles. The maximum Gasteiger partial charge on any atom is 0.311 e. The van der Waals surface area contributed by atoms with E-state index in [9.17, 15) is 14.4 Å². The minimum atomic E-state index is -0.475. The second-order valence-electron chi connectivity index (χ2n) is 5.92. The molecule has 0 saturated heterocycles. The van der Waals surface area contributed by atoms with Crippen molar-refractivity contribution in [2.75, 3.05) is 18.6 Å². The number of H-pyrrole nitrogens is 1. The predicted octanol–water partition coefficient (Wildman–Crippen LogP) is 1.56. The minimum absolute atomic E-state index is 0.0408. The normalized spacial score (nSPS) is 14.0. The lowest BCUT2D eigenvalue weighted by Crippen LogP contribution is -2.35. The van der Waals surface area contributed by atoms with Crippen LogP contribution in [0.5, 0.6) is 0 Å². The number of carbonyl (C=O) groups excluding carboxylic acids is 2. The quantitative estimate of drug-likeness (QED) is 0.486. The lowest BCUT2D eigenvalue weighted by molar-refractivity contribution is -0.139. The fourth-order valence-corrected chi connectivity index (χ4v) is 3.75. The van der Waals surface area contributed by atoms with Gasteiger partial charge in [-0.3, -0.25) is 14.4 Å². The third kappa shape index (κ3) is 3.96. The summed E-state index contributed by atoms with van der Waals surface area (Å²) in [5.74, 6) is -0.516. The number of hydrogen-bond acceptors (Lipinski definition) is 6. The first kappa shape index (κ1) is 18.2. The maximum atomic E-state index is 12.8. The highest BCUT2D eigenvalue weighted by atomic mass is 32.2. The van der Waals surface area contributed by atoms with Gasteiger partial charge in [0.15, 0.2) is 5.16 Å². The van der Waals surface area contributed by atoms with E-state index >= 15 is 0 Å². The molecule has 3 rings (SSSR count). The van der Waals surface area contributed by atoms with Crippen LogP contribution in [0.2, 0.25) is 0 Å². The summed E-state index contributed by atoms with van der Waals surface area (Å²) in [6.45, 7) is 2.43. The summed E-state index contributed by atoms with van der Waals surface area (Å²) < 4.78 is 4.60. The van der Waals surface area contributed by atoms with Gasteiger partial charge in [0.1, 0.15) is 0 Å². The molecule has 1 N–H and O–H groups in total. The highest BCUT2D eigenvalue weighted by Gasteiger charge is 2.28. The van der Waals surface area contributed by atoms with Gasteiger partial charge >= 0.3 is 5.97 Å².